The standard InChI is InChI=1S/C4H7F2NO2S/c5-4(6,3(8)9)10-2-1-7/h1-2,7H2,(H,8,9). The molecule has 60 valence electrons. The summed E-state index contributed by atoms with van der Waals surface area (Å²) in [5.41, 5.74) is 4.89. The van der Waals surface area contributed by atoms with Crippen LogP contribution in [0.25, 0.3) is 0 Å². The van der Waals surface area contributed by atoms with Crippen LogP contribution in [0, 0.1) is 0 Å². The summed E-state index contributed by atoms with van der Waals surface area (Å²) in [5.74, 6) is -2.18. The molecule has 0 fully saturated rings. The lowest BCUT2D eigenvalue weighted by molar-refractivity contribution is -0.152. The van der Waals surface area contributed by atoms with Crippen molar-refractivity contribution in [2.45, 2.75) is 5.25 Å². The minimum atomic E-state index is -3.70. The third-order valence-electron chi connectivity index (χ3n) is 0.650. The summed E-state index contributed by atoms with van der Waals surface area (Å²) in [6, 6.07) is 0. The van der Waals surface area contributed by atoms with E-state index in [1.807, 2.05) is 0 Å². The number of hydrogen-bond acceptors (Lipinski definition) is 3. The monoisotopic (exact) mass is 171 g/mol. The van der Waals surface area contributed by atoms with E-state index in [0.717, 1.165) is 0 Å². The van der Waals surface area contributed by atoms with Crippen LogP contribution in [0.4, 0.5) is 8.78 Å². The average molecular weight is 171 g/mol. The summed E-state index contributed by atoms with van der Waals surface area (Å²) < 4.78 is 24.1. The van der Waals surface area contributed by atoms with Gasteiger partial charge in [0.2, 0.25) is 0 Å². The molecule has 6 heteroatoms. The van der Waals surface area contributed by atoms with E-state index in [4.69, 9.17) is 10.8 Å². The summed E-state index contributed by atoms with van der Waals surface area (Å²) in [6.07, 6.45) is 0. The molecular weight excluding hydrogens is 164 g/mol. The molecule has 0 heterocycles. The van der Waals surface area contributed by atoms with E-state index in [0.29, 0.717) is 0 Å². The Morgan fingerprint density at radius 2 is 2.20 bits per heavy atom. The summed E-state index contributed by atoms with van der Waals surface area (Å²) in [5, 5.41) is 4.16. The zero-order valence-electron chi connectivity index (χ0n) is 5.01. The molecule has 0 atom stereocenters. The number of alkyl halides is 2. The number of carboxylic acid groups (broad SMARTS) is 1. The largest absolute Gasteiger partial charge is 0.476 e. The molecular formula is C4H7F2NO2S. The van der Waals surface area contributed by atoms with E-state index in [1.165, 1.54) is 0 Å². The second-order valence-electron chi connectivity index (χ2n) is 1.46. The number of carboxylic acids is 1. The lowest BCUT2D eigenvalue weighted by atomic mass is 10.7. The Labute approximate surface area is 60.6 Å². The third kappa shape index (κ3) is 2.98. The zero-order valence-corrected chi connectivity index (χ0v) is 5.83. The first kappa shape index (κ1) is 9.64. The molecule has 10 heavy (non-hydrogen) atoms. The molecule has 3 N–H and O–H groups in total. The van der Waals surface area contributed by atoms with Gasteiger partial charge in [0.25, 0.3) is 0 Å². The summed E-state index contributed by atoms with van der Waals surface area (Å²) in [4.78, 5) is 9.72. The Kier molecular flexibility index (Phi) is 3.59. The highest BCUT2D eigenvalue weighted by Crippen LogP contribution is 2.28. The number of thioether (sulfide) groups is 1. The predicted octanol–water partition coefficient (Wildman–Crippen LogP) is 0.356. The number of rotatable bonds is 4. The van der Waals surface area contributed by atoms with E-state index in [1.54, 1.807) is 0 Å². The van der Waals surface area contributed by atoms with Crippen LogP contribution in [0.15, 0.2) is 0 Å². The molecule has 0 aromatic rings. The fraction of sp³-hybridized carbons (Fsp3) is 0.750. The lowest BCUT2D eigenvalue weighted by Crippen LogP contribution is -2.25. The fourth-order valence-corrected chi connectivity index (χ4v) is 0.747. The van der Waals surface area contributed by atoms with Gasteiger partial charge in [-0.25, -0.2) is 4.79 Å². The maximum atomic E-state index is 12.0. The zero-order chi connectivity index (χ0) is 8.20. The second kappa shape index (κ2) is 3.72. The van der Waals surface area contributed by atoms with Crippen LogP contribution in [-0.2, 0) is 4.79 Å². The highest BCUT2D eigenvalue weighted by Gasteiger charge is 2.38. The first-order chi connectivity index (χ1) is 4.50. The first-order valence-electron chi connectivity index (χ1n) is 2.46. The Morgan fingerprint density at radius 1 is 1.70 bits per heavy atom. The van der Waals surface area contributed by atoms with Gasteiger partial charge in [-0.1, -0.05) is 11.8 Å². The van der Waals surface area contributed by atoms with Crippen LogP contribution in [0.1, 0.15) is 0 Å². The van der Waals surface area contributed by atoms with Gasteiger partial charge in [-0.15, -0.1) is 0 Å². The van der Waals surface area contributed by atoms with Crippen LogP contribution in [-0.4, -0.2) is 28.6 Å². The van der Waals surface area contributed by atoms with Gasteiger partial charge in [0.15, 0.2) is 0 Å². The van der Waals surface area contributed by atoms with Crippen LogP contribution in [0.2, 0.25) is 0 Å². The van der Waals surface area contributed by atoms with Crippen LogP contribution in [0.3, 0.4) is 0 Å². The van der Waals surface area contributed by atoms with E-state index in [9.17, 15) is 13.6 Å². The number of aliphatic carboxylic acids is 1. The Hall–Kier alpha value is -0.360. The predicted molar refractivity (Wildman–Crippen MR) is 34.1 cm³/mol. The van der Waals surface area contributed by atoms with Gasteiger partial charge < -0.3 is 10.8 Å². The summed E-state index contributed by atoms with van der Waals surface area (Å²) >= 11 is 0.0289. The van der Waals surface area contributed by atoms with Gasteiger partial charge in [-0.3, -0.25) is 0 Å². The van der Waals surface area contributed by atoms with Crippen molar-refractivity contribution in [3.63, 3.8) is 0 Å². The van der Waals surface area contributed by atoms with E-state index >= 15 is 0 Å². The quantitative estimate of drug-likeness (QED) is 0.640. The molecule has 0 saturated heterocycles. The SMILES string of the molecule is NCCSC(F)(F)C(=O)O. The summed E-state index contributed by atoms with van der Waals surface area (Å²) in [7, 11) is 0. The topological polar surface area (TPSA) is 63.3 Å². The molecule has 0 aromatic carbocycles. The van der Waals surface area contributed by atoms with E-state index in [-0.39, 0.29) is 24.1 Å². The molecule has 0 aliphatic heterocycles. The minimum Gasteiger partial charge on any atom is -0.476 e. The molecule has 0 saturated carbocycles. The highest BCUT2D eigenvalue weighted by molar-refractivity contribution is 8.01. The molecule has 0 rings (SSSR count). The van der Waals surface area contributed by atoms with Crippen molar-refractivity contribution in [3.05, 3.63) is 0 Å². The van der Waals surface area contributed by atoms with Gasteiger partial charge in [0.1, 0.15) is 0 Å². The second-order valence-corrected chi connectivity index (χ2v) is 2.67. The molecule has 3 nitrogen and oxygen atoms in total. The Morgan fingerprint density at radius 3 is 2.50 bits per heavy atom. The van der Waals surface area contributed by atoms with E-state index in [2.05, 4.69) is 0 Å². The normalized spacial score (nSPS) is 11.5. The first-order valence-corrected chi connectivity index (χ1v) is 3.44. The van der Waals surface area contributed by atoms with Crippen molar-refractivity contribution in [2.24, 2.45) is 5.73 Å². The molecule has 0 radical (unpaired) electrons. The molecule has 0 bridgehead atoms. The van der Waals surface area contributed by atoms with Crippen molar-refractivity contribution in [1.82, 2.24) is 0 Å². The van der Waals surface area contributed by atoms with E-state index < -0.39 is 11.2 Å². The smallest absolute Gasteiger partial charge is 0.388 e. The van der Waals surface area contributed by atoms with Crippen molar-refractivity contribution in [1.29, 1.82) is 0 Å². The molecule has 0 unspecified atom stereocenters. The van der Waals surface area contributed by atoms with Gasteiger partial charge in [0, 0.05) is 12.3 Å². The molecule has 0 amide bonds. The van der Waals surface area contributed by atoms with Crippen LogP contribution in [0.5, 0.6) is 0 Å². The van der Waals surface area contributed by atoms with Crippen molar-refractivity contribution >= 4 is 17.7 Å². The Bertz CT molecular complexity index is 130. The van der Waals surface area contributed by atoms with Gasteiger partial charge in [-0.05, 0) is 0 Å². The molecule has 0 spiro atoms. The van der Waals surface area contributed by atoms with Gasteiger partial charge in [-0.2, -0.15) is 8.78 Å². The Balaban J connectivity index is 3.75. The average Bonchev–Trinajstić information content (AvgIpc) is 1.84. The van der Waals surface area contributed by atoms with Gasteiger partial charge >= 0.3 is 11.2 Å². The van der Waals surface area contributed by atoms with Crippen molar-refractivity contribution < 1.29 is 18.7 Å². The molecule has 0 aromatic heterocycles. The van der Waals surface area contributed by atoms with Crippen molar-refractivity contribution in [2.75, 3.05) is 12.3 Å². The number of halogens is 2. The van der Waals surface area contributed by atoms with Gasteiger partial charge in [0.05, 0.1) is 0 Å². The maximum absolute atomic E-state index is 12.0. The lowest BCUT2D eigenvalue weighted by Gasteiger charge is -2.07. The maximum Gasteiger partial charge on any atom is 0.388 e. The van der Waals surface area contributed by atoms with Crippen LogP contribution < -0.4 is 5.73 Å². The fourth-order valence-electron chi connectivity index (χ4n) is 0.249. The number of nitrogens with two attached hydrogens (primary N) is 1. The molecule has 0 aliphatic carbocycles. The molecule has 0 aliphatic rings. The van der Waals surface area contributed by atoms with Crippen molar-refractivity contribution in [3.8, 4) is 0 Å². The summed E-state index contributed by atoms with van der Waals surface area (Å²) in [6.45, 7) is 0.0491. The minimum absolute atomic E-state index is 0.0289. The third-order valence-corrected chi connectivity index (χ3v) is 1.63. The number of hydrogen-bond donors (Lipinski definition) is 2. The number of carbonyl (C=O) groups is 1. The highest BCUT2D eigenvalue weighted by atomic mass is 32.2. The van der Waals surface area contributed by atoms with Crippen LogP contribution >= 0.6 is 11.8 Å².